The van der Waals surface area contributed by atoms with E-state index in [1.807, 2.05) is 35.8 Å². The Morgan fingerprint density at radius 3 is 2.73 bits per heavy atom. The van der Waals surface area contributed by atoms with Gasteiger partial charge in [0.1, 0.15) is 18.7 Å². The molecule has 2 aromatic heterocycles. The van der Waals surface area contributed by atoms with Gasteiger partial charge >= 0.3 is 0 Å². The highest BCUT2D eigenvalue weighted by atomic mass is 16.2. The van der Waals surface area contributed by atoms with Crippen molar-refractivity contribution in [1.29, 1.82) is 0 Å². The lowest BCUT2D eigenvalue weighted by molar-refractivity contribution is -0.131. The van der Waals surface area contributed by atoms with Crippen LogP contribution in [0.5, 0.6) is 0 Å². The van der Waals surface area contributed by atoms with E-state index in [4.69, 9.17) is 0 Å². The summed E-state index contributed by atoms with van der Waals surface area (Å²) in [6, 6.07) is 2.02. The molecule has 1 aliphatic heterocycles. The van der Waals surface area contributed by atoms with Crippen molar-refractivity contribution in [3.63, 3.8) is 0 Å². The summed E-state index contributed by atoms with van der Waals surface area (Å²) in [4.78, 5) is 15.1. The minimum atomic E-state index is 0.160. The number of carbonyl (C=O) groups excluding carboxylic acids is 1. The summed E-state index contributed by atoms with van der Waals surface area (Å²) in [5, 5.41) is 13.0. The Kier molecular flexibility index (Phi) is 4.32. The van der Waals surface area contributed by atoms with E-state index in [1.54, 1.807) is 0 Å². The summed E-state index contributed by atoms with van der Waals surface area (Å²) >= 11 is 0. The van der Waals surface area contributed by atoms with Crippen molar-refractivity contribution >= 4 is 5.91 Å². The Labute approximate surface area is 154 Å². The second-order valence-electron chi connectivity index (χ2n) is 7.96. The molecular weight excluding hydrogens is 328 g/mol. The van der Waals surface area contributed by atoms with Crippen molar-refractivity contribution in [2.45, 2.75) is 65.5 Å². The summed E-state index contributed by atoms with van der Waals surface area (Å²) in [7, 11) is 0. The average Bonchev–Trinajstić information content (AvgIpc) is 3.37. The number of aryl methyl sites for hydroxylation is 3. The lowest BCUT2D eigenvalue weighted by atomic mass is 9.76. The number of aromatic nitrogens is 5. The Morgan fingerprint density at radius 2 is 2.08 bits per heavy atom. The summed E-state index contributed by atoms with van der Waals surface area (Å²) in [5.41, 5.74) is 2.16. The van der Waals surface area contributed by atoms with Gasteiger partial charge in [0.2, 0.25) is 5.91 Å². The second kappa shape index (κ2) is 6.52. The number of amides is 1. The quantitative estimate of drug-likeness (QED) is 0.843. The van der Waals surface area contributed by atoms with Crippen LogP contribution in [0.4, 0.5) is 0 Å². The molecule has 1 aliphatic carbocycles. The fraction of sp³-hybridized carbons (Fsp3) is 0.684. The van der Waals surface area contributed by atoms with Crippen LogP contribution in [0.15, 0.2) is 12.4 Å². The van der Waals surface area contributed by atoms with Crippen LogP contribution >= 0.6 is 0 Å². The maximum Gasteiger partial charge on any atom is 0.244 e. The molecule has 1 atom stereocenters. The first kappa shape index (κ1) is 17.2. The number of hydrogen-bond acceptors (Lipinski definition) is 4. The molecule has 1 amide bonds. The van der Waals surface area contributed by atoms with Gasteiger partial charge in [0, 0.05) is 31.2 Å². The molecule has 7 nitrogen and oxygen atoms in total. The average molecular weight is 356 g/mol. The van der Waals surface area contributed by atoms with Gasteiger partial charge in [-0.1, -0.05) is 12.8 Å². The molecule has 1 unspecified atom stereocenters. The molecule has 1 saturated heterocycles. The second-order valence-corrected chi connectivity index (χ2v) is 7.96. The molecule has 1 saturated carbocycles. The molecule has 3 heterocycles. The van der Waals surface area contributed by atoms with Gasteiger partial charge < -0.3 is 9.47 Å². The molecule has 4 rings (SSSR count). The highest BCUT2D eigenvalue weighted by Crippen LogP contribution is 2.53. The Bertz CT molecular complexity index is 801. The van der Waals surface area contributed by atoms with Gasteiger partial charge in [0.05, 0.1) is 5.69 Å². The zero-order valence-corrected chi connectivity index (χ0v) is 16.0. The maximum absolute atomic E-state index is 13.0. The third-order valence-corrected chi connectivity index (χ3v) is 6.29. The minimum Gasteiger partial charge on any atom is -0.340 e. The maximum atomic E-state index is 13.0. The molecule has 0 N–H and O–H groups in total. The molecule has 7 heteroatoms. The zero-order valence-electron chi connectivity index (χ0n) is 16.0. The SMILES string of the molecule is CCn1cnnc1C1CN(C(=O)Cn2nc(C)cc2C)CC12CCCC2. The number of nitrogens with zero attached hydrogens (tertiary/aromatic N) is 6. The molecular formula is C19H28N6O. The highest BCUT2D eigenvalue weighted by molar-refractivity contribution is 5.76. The van der Waals surface area contributed by atoms with E-state index in [0.29, 0.717) is 6.54 Å². The van der Waals surface area contributed by atoms with Crippen molar-refractivity contribution < 1.29 is 4.79 Å². The largest absolute Gasteiger partial charge is 0.340 e. The fourth-order valence-electron chi connectivity index (χ4n) is 4.94. The third-order valence-electron chi connectivity index (χ3n) is 6.29. The van der Waals surface area contributed by atoms with Crippen molar-refractivity contribution in [2.24, 2.45) is 5.41 Å². The van der Waals surface area contributed by atoms with Gasteiger partial charge in [0.15, 0.2) is 0 Å². The lowest BCUT2D eigenvalue weighted by Gasteiger charge is -2.29. The molecule has 26 heavy (non-hydrogen) atoms. The number of likely N-dealkylation sites (tertiary alicyclic amines) is 1. The number of hydrogen-bond donors (Lipinski definition) is 0. The number of rotatable bonds is 4. The van der Waals surface area contributed by atoms with Gasteiger partial charge in [0.25, 0.3) is 0 Å². The van der Waals surface area contributed by atoms with Crippen LogP contribution in [0.2, 0.25) is 0 Å². The predicted molar refractivity (Wildman–Crippen MR) is 97.6 cm³/mol. The molecule has 2 fully saturated rings. The van der Waals surface area contributed by atoms with Crippen LogP contribution in [0.3, 0.4) is 0 Å². The van der Waals surface area contributed by atoms with Crippen LogP contribution in [0, 0.1) is 19.3 Å². The van der Waals surface area contributed by atoms with E-state index in [9.17, 15) is 4.79 Å². The van der Waals surface area contributed by atoms with Crippen molar-refractivity contribution in [3.8, 4) is 0 Å². The topological polar surface area (TPSA) is 68.8 Å². The van der Waals surface area contributed by atoms with Gasteiger partial charge in [-0.3, -0.25) is 9.48 Å². The summed E-state index contributed by atoms with van der Waals surface area (Å²) in [5.74, 6) is 1.50. The van der Waals surface area contributed by atoms with Crippen molar-refractivity contribution in [1.82, 2.24) is 29.4 Å². The normalized spacial score (nSPS) is 21.8. The smallest absolute Gasteiger partial charge is 0.244 e. The van der Waals surface area contributed by atoms with Crippen LogP contribution in [0.25, 0.3) is 0 Å². The van der Waals surface area contributed by atoms with E-state index < -0.39 is 0 Å². The monoisotopic (exact) mass is 356 g/mol. The Morgan fingerprint density at radius 1 is 1.31 bits per heavy atom. The van der Waals surface area contributed by atoms with Crippen LogP contribution in [0.1, 0.15) is 55.7 Å². The predicted octanol–water partition coefficient (Wildman–Crippen LogP) is 2.30. The van der Waals surface area contributed by atoms with Crippen molar-refractivity contribution in [2.75, 3.05) is 13.1 Å². The molecule has 1 spiro atoms. The van der Waals surface area contributed by atoms with Crippen LogP contribution < -0.4 is 0 Å². The third kappa shape index (κ3) is 2.83. The van der Waals surface area contributed by atoms with Gasteiger partial charge in [-0.15, -0.1) is 10.2 Å². The van der Waals surface area contributed by atoms with Gasteiger partial charge in [-0.2, -0.15) is 5.10 Å². The first-order valence-electron chi connectivity index (χ1n) is 9.69. The summed E-state index contributed by atoms with van der Waals surface area (Å²) < 4.78 is 3.96. The Balaban J connectivity index is 1.57. The molecule has 2 aliphatic rings. The Hall–Kier alpha value is -2.18. The first-order valence-corrected chi connectivity index (χ1v) is 9.69. The van der Waals surface area contributed by atoms with Crippen LogP contribution in [-0.4, -0.2) is 48.4 Å². The molecule has 140 valence electrons. The number of carbonyl (C=O) groups is 1. The van der Waals surface area contributed by atoms with E-state index in [1.165, 1.54) is 25.7 Å². The van der Waals surface area contributed by atoms with Gasteiger partial charge in [-0.25, -0.2) is 0 Å². The van der Waals surface area contributed by atoms with Gasteiger partial charge in [-0.05, 0) is 45.1 Å². The molecule has 0 bridgehead atoms. The lowest BCUT2D eigenvalue weighted by Crippen LogP contribution is -2.34. The molecule has 0 radical (unpaired) electrons. The fourth-order valence-corrected chi connectivity index (χ4v) is 4.94. The highest BCUT2D eigenvalue weighted by Gasteiger charge is 2.51. The van der Waals surface area contributed by atoms with E-state index in [-0.39, 0.29) is 17.2 Å². The zero-order chi connectivity index (χ0) is 18.3. The first-order chi connectivity index (χ1) is 12.5. The van der Waals surface area contributed by atoms with E-state index in [0.717, 1.165) is 36.8 Å². The van der Waals surface area contributed by atoms with Crippen LogP contribution in [-0.2, 0) is 17.9 Å². The van der Waals surface area contributed by atoms with Crippen molar-refractivity contribution in [3.05, 3.63) is 29.6 Å². The minimum absolute atomic E-state index is 0.160. The van der Waals surface area contributed by atoms with E-state index >= 15 is 0 Å². The molecule has 2 aromatic rings. The summed E-state index contributed by atoms with van der Waals surface area (Å²) in [6.07, 6.45) is 6.67. The standard InChI is InChI=1S/C19H28N6O/c1-4-23-13-20-21-18(23)16-10-24(12-19(16)7-5-6-8-19)17(26)11-25-15(3)9-14(2)22-25/h9,13,16H,4-8,10-12H2,1-3H3. The molecule has 0 aromatic carbocycles. The summed E-state index contributed by atoms with van der Waals surface area (Å²) in [6.45, 7) is 8.86. The van der Waals surface area contributed by atoms with E-state index in [2.05, 4.69) is 26.8 Å².